The maximum absolute atomic E-state index is 12.5. The van der Waals surface area contributed by atoms with Gasteiger partial charge in [-0.15, -0.1) is 0 Å². The third-order valence-electron chi connectivity index (χ3n) is 3.73. The Labute approximate surface area is 137 Å². The highest BCUT2D eigenvalue weighted by Gasteiger charge is 2.51. The molecule has 23 heavy (non-hydrogen) atoms. The minimum Gasteiger partial charge on any atom is -0.479 e. The Morgan fingerprint density at radius 1 is 1.13 bits per heavy atom. The van der Waals surface area contributed by atoms with Crippen LogP contribution in [-0.4, -0.2) is 59.6 Å². The van der Waals surface area contributed by atoms with Gasteiger partial charge in [0.25, 0.3) is 5.91 Å². The summed E-state index contributed by atoms with van der Waals surface area (Å²) in [5, 5.41) is 11.4. The molecule has 1 aliphatic heterocycles. The van der Waals surface area contributed by atoms with E-state index < -0.39 is 30.1 Å². The van der Waals surface area contributed by atoms with Crippen molar-refractivity contribution in [2.75, 3.05) is 13.6 Å². The van der Waals surface area contributed by atoms with Gasteiger partial charge in [-0.05, 0) is 24.7 Å². The van der Waals surface area contributed by atoms with Crippen molar-refractivity contribution in [1.29, 1.82) is 0 Å². The van der Waals surface area contributed by atoms with Crippen LogP contribution in [0.25, 0.3) is 0 Å². The Morgan fingerprint density at radius 3 is 2.17 bits per heavy atom. The van der Waals surface area contributed by atoms with E-state index in [1.54, 1.807) is 11.9 Å². The van der Waals surface area contributed by atoms with Gasteiger partial charge in [-0.25, -0.2) is 4.79 Å². The largest absolute Gasteiger partial charge is 0.479 e. The first kappa shape index (κ1) is 19.4. The third kappa shape index (κ3) is 6.17. The summed E-state index contributed by atoms with van der Waals surface area (Å²) in [4.78, 5) is 36.9. The molecular formula is C16H28N2O5. The summed E-state index contributed by atoms with van der Waals surface area (Å²) in [6, 6.07) is -0.654. The number of likely N-dealkylation sites (N-methyl/N-ethyl adjacent to an activating group) is 1. The minimum absolute atomic E-state index is 0.153. The molecule has 7 nitrogen and oxygen atoms in total. The fourth-order valence-corrected chi connectivity index (χ4v) is 2.27. The molecule has 7 heteroatoms. The van der Waals surface area contributed by atoms with Crippen molar-refractivity contribution in [3.8, 4) is 0 Å². The fourth-order valence-electron chi connectivity index (χ4n) is 2.27. The number of nitrogens with zero attached hydrogens (tertiary/aromatic N) is 1. The van der Waals surface area contributed by atoms with Crippen molar-refractivity contribution in [3.63, 3.8) is 0 Å². The van der Waals surface area contributed by atoms with Crippen molar-refractivity contribution in [3.05, 3.63) is 0 Å². The number of carbonyl (C=O) groups excluding carboxylic acids is 2. The molecule has 0 bridgehead atoms. The van der Waals surface area contributed by atoms with Crippen molar-refractivity contribution < 1.29 is 24.2 Å². The highest BCUT2D eigenvalue weighted by Crippen LogP contribution is 2.22. The van der Waals surface area contributed by atoms with Crippen LogP contribution in [0, 0.1) is 11.8 Å². The second-order valence-electron chi connectivity index (χ2n) is 6.95. The van der Waals surface area contributed by atoms with Crippen LogP contribution in [0.15, 0.2) is 0 Å². The topological polar surface area (TPSA) is 99.2 Å². The normalized spacial score (nSPS) is 21.2. The van der Waals surface area contributed by atoms with E-state index in [1.165, 1.54) is 0 Å². The molecule has 3 atom stereocenters. The van der Waals surface area contributed by atoms with Gasteiger partial charge < -0.3 is 20.1 Å². The zero-order chi connectivity index (χ0) is 17.7. The molecule has 0 aromatic rings. The van der Waals surface area contributed by atoms with Gasteiger partial charge in [0.1, 0.15) is 6.04 Å². The van der Waals surface area contributed by atoms with Crippen LogP contribution in [0.5, 0.6) is 0 Å². The molecule has 0 saturated carbocycles. The Balaban J connectivity index is 2.63. The van der Waals surface area contributed by atoms with Crippen molar-refractivity contribution in [1.82, 2.24) is 10.2 Å². The zero-order valence-corrected chi connectivity index (χ0v) is 14.5. The monoisotopic (exact) mass is 328 g/mol. The number of aliphatic carboxylic acids is 1. The lowest BCUT2D eigenvalue weighted by Gasteiger charge is -2.26. The van der Waals surface area contributed by atoms with Crippen LogP contribution in [0.4, 0.5) is 0 Å². The van der Waals surface area contributed by atoms with Crippen LogP contribution in [0.3, 0.4) is 0 Å². The highest BCUT2D eigenvalue weighted by molar-refractivity contribution is 5.95. The first-order chi connectivity index (χ1) is 10.6. The molecule has 1 fully saturated rings. The number of hydrogen-bond acceptors (Lipinski definition) is 4. The van der Waals surface area contributed by atoms with E-state index in [-0.39, 0.29) is 11.8 Å². The molecule has 2 N–H and O–H groups in total. The molecule has 0 unspecified atom stereocenters. The summed E-state index contributed by atoms with van der Waals surface area (Å²) < 4.78 is 4.83. The first-order valence-corrected chi connectivity index (χ1v) is 8.07. The SMILES string of the molecule is CC(C)CCN(C)C(=O)[C@H](CC(C)C)NC(=O)[C@H]1O[C@@H]1C(=O)O. The van der Waals surface area contributed by atoms with E-state index in [4.69, 9.17) is 9.84 Å². The number of carboxylic acids is 1. The van der Waals surface area contributed by atoms with E-state index in [0.717, 1.165) is 6.42 Å². The number of rotatable bonds is 9. The fraction of sp³-hybridized carbons (Fsp3) is 0.812. The van der Waals surface area contributed by atoms with Crippen LogP contribution in [-0.2, 0) is 19.1 Å². The molecular weight excluding hydrogens is 300 g/mol. The standard InChI is InChI=1S/C16H28N2O5/c1-9(2)6-7-18(5)15(20)11(8-10(3)4)17-14(19)12-13(23-12)16(21)22/h9-13H,6-8H2,1-5H3,(H,17,19)(H,21,22)/t11-,12-,13-/m0/s1. The Kier molecular flexibility index (Phi) is 7.00. The average molecular weight is 328 g/mol. The van der Waals surface area contributed by atoms with Crippen LogP contribution in [0.1, 0.15) is 40.5 Å². The minimum atomic E-state index is -1.16. The van der Waals surface area contributed by atoms with Gasteiger partial charge >= 0.3 is 5.97 Å². The summed E-state index contributed by atoms with van der Waals surface area (Å²) >= 11 is 0. The molecule has 0 aliphatic carbocycles. The lowest BCUT2D eigenvalue weighted by atomic mass is 10.0. The van der Waals surface area contributed by atoms with E-state index >= 15 is 0 Å². The number of ether oxygens (including phenoxy) is 1. The molecule has 0 spiro atoms. The Bertz CT molecular complexity index is 450. The Morgan fingerprint density at radius 2 is 1.74 bits per heavy atom. The van der Waals surface area contributed by atoms with E-state index in [1.807, 2.05) is 13.8 Å². The van der Waals surface area contributed by atoms with Gasteiger partial charge in [0.2, 0.25) is 5.91 Å². The summed E-state index contributed by atoms with van der Waals surface area (Å²) in [5.74, 6) is -1.14. The second kappa shape index (κ2) is 8.29. The van der Waals surface area contributed by atoms with E-state index in [2.05, 4.69) is 19.2 Å². The van der Waals surface area contributed by atoms with E-state index in [0.29, 0.717) is 18.9 Å². The van der Waals surface area contributed by atoms with Gasteiger partial charge in [-0.3, -0.25) is 9.59 Å². The molecule has 0 aromatic carbocycles. The van der Waals surface area contributed by atoms with Crippen LogP contribution < -0.4 is 5.32 Å². The predicted octanol–water partition coefficient (Wildman–Crippen LogP) is 0.874. The quantitative estimate of drug-likeness (QED) is 0.612. The van der Waals surface area contributed by atoms with Crippen molar-refractivity contribution in [2.45, 2.75) is 58.8 Å². The lowest BCUT2D eigenvalue weighted by molar-refractivity contribution is -0.138. The number of carboxylic acid groups (broad SMARTS) is 1. The van der Waals surface area contributed by atoms with E-state index in [9.17, 15) is 14.4 Å². The maximum atomic E-state index is 12.5. The molecule has 0 radical (unpaired) electrons. The average Bonchev–Trinajstić information content (AvgIpc) is 3.23. The van der Waals surface area contributed by atoms with Crippen LogP contribution in [0.2, 0.25) is 0 Å². The molecule has 1 heterocycles. The molecule has 132 valence electrons. The van der Waals surface area contributed by atoms with Gasteiger partial charge in [-0.1, -0.05) is 27.7 Å². The molecule has 2 amide bonds. The van der Waals surface area contributed by atoms with Crippen molar-refractivity contribution in [2.24, 2.45) is 11.8 Å². The molecule has 1 saturated heterocycles. The smallest absolute Gasteiger partial charge is 0.336 e. The lowest BCUT2D eigenvalue weighted by Crippen LogP contribution is -2.49. The first-order valence-electron chi connectivity index (χ1n) is 8.07. The maximum Gasteiger partial charge on any atom is 0.336 e. The number of epoxide rings is 1. The van der Waals surface area contributed by atoms with Crippen molar-refractivity contribution >= 4 is 17.8 Å². The molecule has 0 aromatic heterocycles. The number of carbonyl (C=O) groups is 3. The molecule has 1 rings (SSSR count). The highest BCUT2D eigenvalue weighted by atomic mass is 16.6. The van der Waals surface area contributed by atoms with Crippen LogP contribution >= 0.6 is 0 Å². The Hall–Kier alpha value is -1.63. The summed E-state index contributed by atoms with van der Waals surface area (Å²) in [6.07, 6.45) is -0.697. The third-order valence-corrected chi connectivity index (χ3v) is 3.73. The van der Waals surface area contributed by atoms with Gasteiger partial charge in [-0.2, -0.15) is 0 Å². The summed E-state index contributed by atoms with van der Waals surface area (Å²) in [6.45, 7) is 8.73. The zero-order valence-electron chi connectivity index (χ0n) is 14.5. The number of nitrogens with one attached hydrogen (secondary N) is 1. The van der Waals surface area contributed by atoms with Gasteiger partial charge in [0.05, 0.1) is 0 Å². The predicted molar refractivity (Wildman–Crippen MR) is 84.8 cm³/mol. The molecule has 1 aliphatic rings. The summed E-state index contributed by atoms with van der Waals surface area (Å²) in [5.41, 5.74) is 0. The summed E-state index contributed by atoms with van der Waals surface area (Å²) in [7, 11) is 1.72. The van der Waals surface area contributed by atoms with Gasteiger partial charge in [0.15, 0.2) is 12.2 Å². The second-order valence-corrected chi connectivity index (χ2v) is 6.95. The van der Waals surface area contributed by atoms with Gasteiger partial charge in [0, 0.05) is 13.6 Å². The number of amides is 2. The number of hydrogen-bond donors (Lipinski definition) is 2.